The van der Waals surface area contributed by atoms with Crippen molar-refractivity contribution in [2.45, 2.75) is 38.6 Å². The van der Waals surface area contributed by atoms with Crippen LogP contribution in [-0.4, -0.2) is 34.9 Å². The van der Waals surface area contributed by atoms with Gasteiger partial charge in [0.05, 0.1) is 18.8 Å². The van der Waals surface area contributed by atoms with E-state index in [4.69, 9.17) is 0 Å². The highest BCUT2D eigenvalue weighted by molar-refractivity contribution is 5.77. The Balaban J connectivity index is 2.52. The van der Waals surface area contributed by atoms with Gasteiger partial charge in [-0.05, 0) is 25.3 Å². The first kappa shape index (κ1) is 15.7. The van der Waals surface area contributed by atoms with Crippen molar-refractivity contribution in [2.24, 2.45) is 0 Å². The summed E-state index contributed by atoms with van der Waals surface area (Å²) in [7, 11) is 0. The largest absolute Gasteiger partial charge is 0.394 e. The van der Waals surface area contributed by atoms with Crippen LogP contribution in [0.15, 0.2) is 24.3 Å². The van der Waals surface area contributed by atoms with E-state index in [1.165, 1.54) is 5.56 Å². The summed E-state index contributed by atoms with van der Waals surface area (Å²) in [5, 5.41) is 21.3. The summed E-state index contributed by atoms with van der Waals surface area (Å²) in [6, 6.07) is 8.04. The Hall–Kier alpha value is -1.39. The summed E-state index contributed by atoms with van der Waals surface area (Å²) < 4.78 is 0. The van der Waals surface area contributed by atoms with Crippen molar-refractivity contribution < 1.29 is 15.0 Å². The third-order valence-corrected chi connectivity index (χ3v) is 3.41. The molecule has 1 amide bonds. The van der Waals surface area contributed by atoms with Crippen LogP contribution in [0.5, 0.6) is 0 Å². The van der Waals surface area contributed by atoms with E-state index in [9.17, 15) is 15.0 Å². The van der Waals surface area contributed by atoms with Gasteiger partial charge in [0.15, 0.2) is 0 Å². The number of nitrogens with one attached hydrogen (secondary N) is 1. The Morgan fingerprint density at radius 1 is 1.32 bits per heavy atom. The van der Waals surface area contributed by atoms with Gasteiger partial charge in [-0.2, -0.15) is 0 Å². The van der Waals surface area contributed by atoms with E-state index in [0.717, 1.165) is 5.56 Å². The van der Waals surface area contributed by atoms with E-state index in [1.54, 1.807) is 0 Å². The van der Waals surface area contributed by atoms with Gasteiger partial charge in [-0.15, -0.1) is 0 Å². The summed E-state index contributed by atoms with van der Waals surface area (Å²) >= 11 is 0. The average Bonchev–Trinajstić information content (AvgIpc) is 2.43. The molecule has 1 aromatic carbocycles. The van der Waals surface area contributed by atoms with Crippen LogP contribution in [0, 0.1) is 6.92 Å². The minimum absolute atomic E-state index is 0.147. The average molecular weight is 265 g/mol. The minimum atomic E-state index is -0.899. The van der Waals surface area contributed by atoms with Crippen molar-refractivity contribution in [3.8, 4) is 0 Å². The molecule has 0 spiro atoms. The number of hydrogen-bond donors (Lipinski definition) is 3. The molecule has 1 aromatic rings. The molecule has 0 saturated heterocycles. The highest BCUT2D eigenvalue weighted by Gasteiger charge is 2.28. The maximum Gasteiger partial charge on any atom is 0.220 e. The van der Waals surface area contributed by atoms with Gasteiger partial charge in [-0.3, -0.25) is 4.79 Å². The monoisotopic (exact) mass is 265 g/mol. The SMILES string of the molecule is CCC(CO)(CO)NC(=O)CCc1cccc(C)c1. The molecule has 0 saturated carbocycles. The first-order valence-corrected chi connectivity index (χ1v) is 6.63. The molecule has 0 aliphatic carbocycles. The van der Waals surface area contributed by atoms with Gasteiger partial charge in [0.2, 0.25) is 5.91 Å². The van der Waals surface area contributed by atoms with Gasteiger partial charge in [0.1, 0.15) is 0 Å². The Bertz CT molecular complexity index is 405. The molecule has 0 atom stereocenters. The molecule has 0 heterocycles. The predicted molar refractivity (Wildman–Crippen MR) is 74.8 cm³/mol. The highest BCUT2D eigenvalue weighted by Crippen LogP contribution is 2.10. The Kier molecular flexibility index (Phi) is 5.99. The predicted octanol–water partition coefficient (Wildman–Crippen LogP) is 1.18. The van der Waals surface area contributed by atoms with Gasteiger partial charge in [-0.25, -0.2) is 0 Å². The van der Waals surface area contributed by atoms with Gasteiger partial charge in [0.25, 0.3) is 0 Å². The lowest BCUT2D eigenvalue weighted by atomic mass is 9.98. The van der Waals surface area contributed by atoms with Crippen LogP contribution in [0.4, 0.5) is 0 Å². The molecule has 106 valence electrons. The number of amides is 1. The van der Waals surface area contributed by atoms with E-state index in [-0.39, 0.29) is 19.1 Å². The topological polar surface area (TPSA) is 69.6 Å². The lowest BCUT2D eigenvalue weighted by Crippen LogP contribution is -2.53. The van der Waals surface area contributed by atoms with Crippen LogP contribution in [0.1, 0.15) is 30.9 Å². The molecule has 0 aliphatic rings. The third-order valence-electron chi connectivity index (χ3n) is 3.41. The van der Waals surface area contributed by atoms with E-state index >= 15 is 0 Å². The lowest BCUT2D eigenvalue weighted by Gasteiger charge is -2.29. The maximum atomic E-state index is 11.9. The third kappa shape index (κ3) is 4.65. The molecule has 0 aromatic heterocycles. The van der Waals surface area contributed by atoms with E-state index in [2.05, 4.69) is 11.4 Å². The molecule has 4 heteroatoms. The first-order chi connectivity index (χ1) is 9.05. The Labute approximate surface area is 114 Å². The van der Waals surface area contributed by atoms with Crippen molar-refractivity contribution in [1.82, 2.24) is 5.32 Å². The summed E-state index contributed by atoms with van der Waals surface area (Å²) in [6.07, 6.45) is 1.51. The van der Waals surface area contributed by atoms with E-state index < -0.39 is 5.54 Å². The van der Waals surface area contributed by atoms with Crippen LogP contribution in [0.3, 0.4) is 0 Å². The van der Waals surface area contributed by atoms with E-state index in [0.29, 0.717) is 19.3 Å². The fourth-order valence-corrected chi connectivity index (χ4v) is 1.92. The number of aliphatic hydroxyl groups is 2. The Morgan fingerprint density at radius 3 is 2.53 bits per heavy atom. The Morgan fingerprint density at radius 2 is 2.00 bits per heavy atom. The summed E-state index contributed by atoms with van der Waals surface area (Å²) in [5.74, 6) is -0.147. The fourth-order valence-electron chi connectivity index (χ4n) is 1.92. The number of benzene rings is 1. The van der Waals surface area contributed by atoms with Crippen molar-refractivity contribution in [3.63, 3.8) is 0 Å². The number of carbonyl (C=O) groups excluding carboxylic acids is 1. The number of carbonyl (C=O) groups is 1. The summed E-state index contributed by atoms with van der Waals surface area (Å²) in [6.45, 7) is 3.34. The first-order valence-electron chi connectivity index (χ1n) is 6.63. The summed E-state index contributed by atoms with van der Waals surface area (Å²) in [5.41, 5.74) is 1.39. The number of hydrogen-bond acceptors (Lipinski definition) is 3. The standard InChI is InChI=1S/C15H23NO3/c1-3-15(10-17,11-18)16-14(19)8-7-13-6-4-5-12(2)9-13/h4-6,9,17-18H,3,7-8,10-11H2,1-2H3,(H,16,19). The molecule has 0 unspecified atom stereocenters. The van der Waals surface area contributed by atoms with Gasteiger partial charge < -0.3 is 15.5 Å². The normalized spacial score (nSPS) is 11.4. The molecule has 3 N–H and O–H groups in total. The van der Waals surface area contributed by atoms with Crippen LogP contribution in [0.25, 0.3) is 0 Å². The van der Waals surface area contributed by atoms with Crippen molar-refractivity contribution in [2.75, 3.05) is 13.2 Å². The summed E-state index contributed by atoms with van der Waals surface area (Å²) in [4.78, 5) is 11.9. The van der Waals surface area contributed by atoms with Gasteiger partial charge in [0, 0.05) is 6.42 Å². The van der Waals surface area contributed by atoms with E-state index in [1.807, 2.05) is 32.0 Å². The quantitative estimate of drug-likeness (QED) is 0.693. The maximum absolute atomic E-state index is 11.9. The molecular weight excluding hydrogens is 242 g/mol. The van der Waals surface area contributed by atoms with Gasteiger partial charge >= 0.3 is 0 Å². The molecule has 19 heavy (non-hydrogen) atoms. The molecular formula is C15H23NO3. The second-order valence-corrected chi connectivity index (χ2v) is 4.99. The van der Waals surface area contributed by atoms with Gasteiger partial charge in [-0.1, -0.05) is 36.8 Å². The van der Waals surface area contributed by atoms with Crippen LogP contribution >= 0.6 is 0 Å². The highest BCUT2D eigenvalue weighted by atomic mass is 16.3. The molecule has 1 rings (SSSR count). The smallest absolute Gasteiger partial charge is 0.220 e. The number of rotatable bonds is 7. The molecule has 0 aliphatic heterocycles. The second kappa shape index (κ2) is 7.26. The minimum Gasteiger partial charge on any atom is -0.394 e. The molecule has 0 fully saturated rings. The number of aryl methyl sites for hydroxylation is 2. The lowest BCUT2D eigenvalue weighted by molar-refractivity contribution is -0.124. The molecule has 0 radical (unpaired) electrons. The van der Waals surface area contributed by atoms with Crippen molar-refractivity contribution >= 4 is 5.91 Å². The second-order valence-electron chi connectivity index (χ2n) is 4.99. The molecule has 0 bridgehead atoms. The molecule has 4 nitrogen and oxygen atoms in total. The zero-order chi connectivity index (χ0) is 14.3. The zero-order valence-electron chi connectivity index (χ0n) is 11.6. The van der Waals surface area contributed by atoms with Crippen molar-refractivity contribution in [3.05, 3.63) is 35.4 Å². The fraction of sp³-hybridized carbons (Fsp3) is 0.533. The number of aliphatic hydroxyl groups excluding tert-OH is 2. The van der Waals surface area contributed by atoms with Crippen LogP contribution in [-0.2, 0) is 11.2 Å². The van der Waals surface area contributed by atoms with Crippen LogP contribution < -0.4 is 5.32 Å². The van der Waals surface area contributed by atoms with Crippen LogP contribution in [0.2, 0.25) is 0 Å². The zero-order valence-corrected chi connectivity index (χ0v) is 11.6. The van der Waals surface area contributed by atoms with Crippen molar-refractivity contribution in [1.29, 1.82) is 0 Å².